The fourth-order valence-corrected chi connectivity index (χ4v) is 1.35. The zero-order valence-electron chi connectivity index (χ0n) is 7.82. The van der Waals surface area contributed by atoms with Crippen molar-refractivity contribution < 1.29 is 4.92 Å². The molecule has 0 saturated carbocycles. The number of non-ortho nitro benzene ring substituents is 1. The Hall–Kier alpha value is -1.06. The lowest BCUT2D eigenvalue weighted by Crippen LogP contribution is -1.88. The molecule has 0 atom stereocenters. The summed E-state index contributed by atoms with van der Waals surface area (Å²) in [7, 11) is 0. The van der Waals surface area contributed by atoms with E-state index in [1.165, 1.54) is 18.2 Å². The van der Waals surface area contributed by atoms with Crippen molar-refractivity contribution in [2.24, 2.45) is 0 Å². The first kappa shape index (κ1) is 12.0. The number of rotatable bonds is 4. The lowest BCUT2D eigenvalue weighted by Gasteiger charge is -1.97. The minimum atomic E-state index is -0.449. The molecule has 5 heteroatoms. The van der Waals surface area contributed by atoms with Gasteiger partial charge in [-0.25, -0.2) is 0 Å². The molecule has 0 saturated heterocycles. The number of halogens is 2. The van der Waals surface area contributed by atoms with Gasteiger partial charge in [0, 0.05) is 23.0 Å². The summed E-state index contributed by atoms with van der Waals surface area (Å²) in [5.41, 5.74) is 0.668. The Morgan fingerprint density at radius 3 is 2.80 bits per heavy atom. The summed E-state index contributed by atoms with van der Waals surface area (Å²) in [6.45, 7) is 0. The Bertz CT molecular complexity index is 391. The lowest BCUT2D eigenvalue weighted by molar-refractivity contribution is -0.384. The minimum absolute atomic E-state index is 0.0323. The summed E-state index contributed by atoms with van der Waals surface area (Å²) in [6, 6.07) is 4.33. The summed E-state index contributed by atoms with van der Waals surface area (Å²) < 4.78 is 0. The number of nitro benzene ring substituents is 1. The van der Waals surface area contributed by atoms with Gasteiger partial charge in [0.25, 0.3) is 5.69 Å². The molecule has 0 aliphatic heterocycles. The molecule has 0 bridgehead atoms. The van der Waals surface area contributed by atoms with Gasteiger partial charge in [-0.1, -0.05) is 23.8 Å². The van der Waals surface area contributed by atoms with Crippen molar-refractivity contribution in [2.45, 2.75) is 6.42 Å². The zero-order chi connectivity index (χ0) is 11.3. The molecule has 0 aromatic heterocycles. The van der Waals surface area contributed by atoms with Crippen molar-refractivity contribution in [3.05, 3.63) is 45.0 Å². The molecule has 0 aliphatic rings. The Morgan fingerprint density at radius 2 is 2.20 bits per heavy atom. The third-order valence-electron chi connectivity index (χ3n) is 1.76. The number of nitro groups is 1. The first-order valence-corrected chi connectivity index (χ1v) is 5.23. The van der Waals surface area contributed by atoms with E-state index in [0.717, 1.165) is 0 Å². The van der Waals surface area contributed by atoms with Crippen molar-refractivity contribution in [1.29, 1.82) is 0 Å². The molecule has 0 spiro atoms. The standard InChI is InChI=1S/C10H9Cl2NO2/c11-6-2-1-3-8-7-9(13(14)15)4-5-10(8)12/h1,3-5,7H,2,6H2. The smallest absolute Gasteiger partial charge is 0.258 e. The molecule has 1 aromatic carbocycles. The van der Waals surface area contributed by atoms with Gasteiger partial charge < -0.3 is 0 Å². The maximum atomic E-state index is 10.5. The Labute approximate surface area is 97.5 Å². The number of allylic oxidation sites excluding steroid dienone is 1. The van der Waals surface area contributed by atoms with E-state index in [-0.39, 0.29) is 5.69 Å². The van der Waals surface area contributed by atoms with Crippen LogP contribution in [0, 0.1) is 10.1 Å². The highest BCUT2D eigenvalue weighted by Gasteiger charge is 2.07. The summed E-state index contributed by atoms with van der Waals surface area (Å²) in [4.78, 5) is 10.1. The normalized spacial score (nSPS) is 10.8. The highest BCUT2D eigenvalue weighted by atomic mass is 35.5. The SMILES string of the molecule is O=[N+]([O-])c1ccc(Cl)c(C=CCCCl)c1. The van der Waals surface area contributed by atoms with Crippen LogP contribution in [0.3, 0.4) is 0 Å². The summed E-state index contributed by atoms with van der Waals surface area (Å²) in [6.07, 6.45) is 4.27. The second-order valence-electron chi connectivity index (χ2n) is 2.84. The van der Waals surface area contributed by atoms with Gasteiger partial charge in [0.15, 0.2) is 0 Å². The predicted octanol–water partition coefficient (Wildman–Crippen LogP) is 3.89. The van der Waals surface area contributed by atoms with Crippen molar-refractivity contribution in [3.63, 3.8) is 0 Å². The van der Waals surface area contributed by atoms with Crippen LogP contribution in [0.25, 0.3) is 6.08 Å². The third-order valence-corrected chi connectivity index (χ3v) is 2.33. The van der Waals surface area contributed by atoms with Crippen LogP contribution >= 0.6 is 23.2 Å². The van der Waals surface area contributed by atoms with Crippen LogP contribution < -0.4 is 0 Å². The molecule has 1 rings (SSSR count). The van der Waals surface area contributed by atoms with Crippen molar-refractivity contribution in [1.82, 2.24) is 0 Å². The molecule has 0 aliphatic carbocycles. The van der Waals surface area contributed by atoms with E-state index in [4.69, 9.17) is 23.2 Å². The molecule has 0 unspecified atom stereocenters. The van der Waals surface area contributed by atoms with E-state index in [1.54, 1.807) is 6.08 Å². The molecule has 15 heavy (non-hydrogen) atoms. The second kappa shape index (κ2) is 5.73. The molecular formula is C10H9Cl2NO2. The van der Waals surface area contributed by atoms with Gasteiger partial charge in [-0.15, -0.1) is 11.6 Å². The summed E-state index contributed by atoms with van der Waals surface area (Å²) >= 11 is 11.4. The molecule has 3 nitrogen and oxygen atoms in total. The number of hydrogen-bond donors (Lipinski definition) is 0. The highest BCUT2D eigenvalue weighted by molar-refractivity contribution is 6.32. The average Bonchev–Trinajstić information content (AvgIpc) is 2.20. The van der Waals surface area contributed by atoms with Crippen LogP contribution in [0.1, 0.15) is 12.0 Å². The van der Waals surface area contributed by atoms with Crippen LogP contribution in [0.4, 0.5) is 5.69 Å². The largest absolute Gasteiger partial charge is 0.270 e. The van der Waals surface area contributed by atoms with Crippen LogP contribution in [-0.2, 0) is 0 Å². The fraction of sp³-hybridized carbons (Fsp3) is 0.200. The summed E-state index contributed by atoms with van der Waals surface area (Å²) in [5.74, 6) is 0.517. The van der Waals surface area contributed by atoms with E-state index in [0.29, 0.717) is 22.9 Å². The summed E-state index contributed by atoms with van der Waals surface area (Å²) in [5, 5.41) is 11.0. The molecule has 0 amide bonds. The second-order valence-corrected chi connectivity index (χ2v) is 3.63. The van der Waals surface area contributed by atoms with Gasteiger partial charge in [-0.2, -0.15) is 0 Å². The predicted molar refractivity (Wildman–Crippen MR) is 62.5 cm³/mol. The molecule has 0 radical (unpaired) electrons. The number of nitrogens with zero attached hydrogens (tertiary/aromatic N) is 1. The first-order chi connectivity index (χ1) is 7.15. The van der Waals surface area contributed by atoms with E-state index in [1.807, 2.05) is 6.08 Å². The van der Waals surface area contributed by atoms with Crippen molar-refractivity contribution >= 4 is 35.0 Å². The molecule has 1 aromatic rings. The zero-order valence-corrected chi connectivity index (χ0v) is 9.33. The molecule has 0 heterocycles. The van der Waals surface area contributed by atoms with E-state index >= 15 is 0 Å². The van der Waals surface area contributed by atoms with Gasteiger partial charge in [-0.3, -0.25) is 10.1 Å². The van der Waals surface area contributed by atoms with Crippen molar-refractivity contribution in [2.75, 3.05) is 5.88 Å². The number of alkyl halides is 1. The van der Waals surface area contributed by atoms with E-state index in [2.05, 4.69) is 0 Å². The van der Waals surface area contributed by atoms with Crippen LogP contribution in [0.15, 0.2) is 24.3 Å². The lowest BCUT2D eigenvalue weighted by atomic mass is 10.2. The molecule has 80 valence electrons. The molecule has 0 N–H and O–H groups in total. The Morgan fingerprint density at radius 1 is 1.47 bits per heavy atom. The first-order valence-electron chi connectivity index (χ1n) is 4.31. The molecule has 0 fully saturated rings. The third kappa shape index (κ3) is 3.53. The van der Waals surface area contributed by atoms with Gasteiger partial charge in [0.1, 0.15) is 0 Å². The maximum Gasteiger partial charge on any atom is 0.270 e. The monoisotopic (exact) mass is 245 g/mol. The maximum absolute atomic E-state index is 10.5. The number of benzene rings is 1. The Balaban J connectivity index is 2.95. The van der Waals surface area contributed by atoms with Gasteiger partial charge in [0.05, 0.1) is 4.92 Å². The fourth-order valence-electron chi connectivity index (χ4n) is 1.05. The van der Waals surface area contributed by atoms with Gasteiger partial charge in [0.2, 0.25) is 0 Å². The molecular weight excluding hydrogens is 237 g/mol. The highest BCUT2D eigenvalue weighted by Crippen LogP contribution is 2.23. The quantitative estimate of drug-likeness (QED) is 0.459. The number of hydrogen-bond acceptors (Lipinski definition) is 2. The van der Waals surface area contributed by atoms with Gasteiger partial charge >= 0.3 is 0 Å². The van der Waals surface area contributed by atoms with Crippen LogP contribution in [-0.4, -0.2) is 10.8 Å². The van der Waals surface area contributed by atoms with Crippen LogP contribution in [0.5, 0.6) is 0 Å². The average molecular weight is 246 g/mol. The topological polar surface area (TPSA) is 43.1 Å². The van der Waals surface area contributed by atoms with E-state index in [9.17, 15) is 10.1 Å². The van der Waals surface area contributed by atoms with Gasteiger partial charge in [-0.05, 0) is 18.1 Å². The van der Waals surface area contributed by atoms with E-state index < -0.39 is 4.92 Å². The minimum Gasteiger partial charge on any atom is -0.258 e. The van der Waals surface area contributed by atoms with Crippen molar-refractivity contribution in [3.8, 4) is 0 Å². The van der Waals surface area contributed by atoms with Crippen LogP contribution in [0.2, 0.25) is 5.02 Å². The Kier molecular flexibility index (Phi) is 4.59.